The van der Waals surface area contributed by atoms with E-state index in [1.165, 1.54) is 0 Å². The van der Waals surface area contributed by atoms with Crippen LogP contribution in [0.4, 0.5) is 0 Å². The van der Waals surface area contributed by atoms with E-state index < -0.39 is 5.97 Å². The van der Waals surface area contributed by atoms with Gasteiger partial charge in [-0.1, -0.05) is 67.1 Å². The molecule has 0 saturated carbocycles. The van der Waals surface area contributed by atoms with Gasteiger partial charge in [-0.3, -0.25) is 14.4 Å². The summed E-state index contributed by atoms with van der Waals surface area (Å²) >= 11 is 1.08. The van der Waals surface area contributed by atoms with Gasteiger partial charge in [0.05, 0.1) is 6.42 Å². The molecule has 0 heterocycles. The summed E-state index contributed by atoms with van der Waals surface area (Å²) in [5, 5.41) is 11.6. The van der Waals surface area contributed by atoms with E-state index in [4.69, 9.17) is 5.11 Å². The number of aryl methyl sites for hydroxylation is 2. The Morgan fingerprint density at radius 3 is 2.43 bits per heavy atom. The zero-order chi connectivity index (χ0) is 21.9. The van der Waals surface area contributed by atoms with Crippen molar-refractivity contribution in [3.63, 3.8) is 0 Å². The lowest BCUT2D eigenvalue weighted by Crippen LogP contribution is -2.38. The minimum absolute atomic E-state index is 0.00966. The topological polar surface area (TPSA) is 83.5 Å². The third kappa shape index (κ3) is 8.41. The predicted molar refractivity (Wildman–Crippen MR) is 121 cm³/mol. The molecule has 0 saturated heterocycles. The Bertz CT molecular complexity index is 867. The lowest BCUT2D eigenvalue weighted by Gasteiger charge is -2.19. The Hall–Kier alpha value is -2.60. The minimum Gasteiger partial charge on any atom is -0.481 e. The molecule has 0 aliphatic heterocycles. The number of carbonyl (C=O) groups excluding carboxylic acids is 2. The quantitative estimate of drug-likeness (QED) is 0.555. The first-order valence-electron chi connectivity index (χ1n) is 10.2. The SMILES string of the molecule is CCCc1cc(C)cc(C(=O)N[C@@H](CSC(=O)CCC(=O)O)Cc2ccccc2)c1. The van der Waals surface area contributed by atoms with Crippen LogP contribution < -0.4 is 5.32 Å². The van der Waals surface area contributed by atoms with Crippen LogP contribution in [0.3, 0.4) is 0 Å². The zero-order valence-electron chi connectivity index (χ0n) is 17.5. The molecule has 30 heavy (non-hydrogen) atoms. The molecular weight excluding hydrogens is 398 g/mol. The maximum absolute atomic E-state index is 12.9. The molecule has 5 nitrogen and oxygen atoms in total. The number of amides is 1. The van der Waals surface area contributed by atoms with Crippen molar-refractivity contribution in [2.75, 3.05) is 5.75 Å². The number of thioether (sulfide) groups is 1. The first-order valence-corrected chi connectivity index (χ1v) is 11.2. The number of hydrogen-bond acceptors (Lipinski definition) is 4. The van der Waals surface area contributed by atoms with E-state index in [-0.39, 0.29) is 29.9 Å². The molecular formula is C24H29NO4S. The summed E-state index contributed by atoms with van der Waals surface area (Å²) in [5.74, 6) is -0.747. The highest BCUT2D eigenvalue weighted by Gasteiger charge is 2.18. The standard InChI is InChI=1S/C24H29NO4S/c1-3-7-19-12-17(2)13-20(14-19)24(29)25-21(15-18-8-5-4-6-9-18)16-30-23(28)11-10-22(26)27/h4-6,8-9,12-14,21H,3,7,10-11,15-16H2,1-2H3,(H,25,29)(H,26,27)/t21-/m1/s1. The number of rotatable bonds is 11. The fourth-order valence-corrected chi connectivity index (χ4v) is 4.05. The molecule has 2 aromatic carbocycles. The van der Waals surface area contributed by atoms with Gasteiger partial charge in [-0.25, -0.2) is 0 Å². The van der Waals surface area contributed by atoms with Gasteiger partial charge in [0.15, 0.2) is 5.12 Å². The van der Waals surface area contributed by atoms with Gasteiger partial charge in [-0.15, -0.1) is 0 Å². The van der Waals surface area contributed by atoms with Crippen LogP contribution in [0.1, 0.15) is 53.2 Å². The van der Waals surface area contributed by atoms with Gasteiger partial charge < -0.3 is 10.4 Å². The summed E-state index contributed by atoms with van der Waals surface area (Å²) in [6.07, 6.45) is 2.34. The highest BCUT2D eigenvalue weighted by Crippen LogP contribution is 2.15. The second-order valence-electron chi connectivity index (χ2n) is 7.39. The van der Waals surface area contributed by atoms with Crippen molar-refractivity contribution >= 4 is 28.8 Å². The van der Waals surface area contributed by atoms with Crippen LogP contribution in [-0.4, -0.2) is 33.9 Å². The van der Waals surface area contributed by atoms with Gasteiger partial charge in [-0.2, -0.15) is 0 Å². The molecule has 2 rings (SSSR count). The zero-order valence-corrected chi connectivity index (χ0v) is 18.3. The molecule has 0 fully saturated rings. The first kappa shape index (κ1) is 23.7. The Balaban J connectivity index is 2.08. The summed E-state index contributed by atoms with van der Waals surface area (Å²) in [6, 6.07) is 15.4. The normalized spacial score (nSPS) is 11.7. The van der Waals surface area contributed by atoms with Crippen molar-refractivity contribution in [3.05, 3.63) is 70.8 Å². The van der Waals surface area contributed by atoms with Crippen molar-refractivity contribution in [1.29, 1.82) is 0 Å². The van der Waals surface area contributed by atoms with Crippen molar-refractivity contribution < 1.29 is 19.5 Å². The molecule has 2 N–H and O–H groups in total. The Morgan fingerprint density at radius 2 is 1.77 bits per heavy atom. The fraction of sp³-hybridized carbons (Fsp3) is 0.375. The average molecular weight is 428 g/mol. The van der Waals surface area contributed by atoms with Crippen LogP contribution in [-0.2, 0) is 22.4 Å². The highest BCUT2D eigenvalue weighted by molar-refractivity contribution is 8.13. The van der Waals surface area contributed by atoms with Crippen LogP contribution in [0.5, 0.6) is 0 Å². The van der Waals surface area contributed by atoms with E-state index in [1.807, 2.05) is 49.4 Å². The smallest absolute Gasteiger partial charge is 0.303 e. The van der Waals surface area contributed by atoms with Crippen LogP contribution in [0.15, 0.2) is 48.5 Å². The molecule has 6 heteroatoms. The van der Waals surface area contributed by atoms with E-state index in [0.29, 0.717) is 17.7 Å². The van der Waals surface area contributed by atoms with Gasteiger partial charge in [-0.05, 0) is 43.0 Å². The van der Waals surface area contributed by atoms with Crippen LogP contribution >= 0.6 is 11.8 Å². The molecule has 1 atom stereocenters. The average Bonchev–Trinajstić information content (AvgIpc) is 2.71. The van der Waals surface area contributed by atoms with E-state index in [0.717, 1.165) is 41.3 Å². The number of benzene rings is 2. The van der Waals surface area contributed by atoms with Gasteiger partial charge in [0.1, 0.15) is 0 Å². The van der Waals surface area contributed by atoms with E-state index >= 15 is 0 Å². The molecule has 2 aromatic rings. The summed E-state index contributed by atoms with van der Waals surface area (Å²) in [4.78, 5) is 35.6. The number of hydrogen-bond donors (Lipinski definition) is 2. The lowest BCUT2D eigenvalue weighted by atomic mass is 10.0. The van der Waals surface area contributed by atoms with Crippen LogP contribution in [0.25, 0.3) is 0 Å². The maximum Gasteiger partial charge on any atom is 0.303 e. The second-order valence-corrected chi connectivity index (χ2v) is 8.47. The van der Waals surface area contributed by atoms with Gasteiger partial charge >= 0.3 is 5.97 Å². The van der Waals surface area contributed by atoms with Crippen molar-refractivity contribution in [2.45, 2.75) is 52.0 Å². The molecule has 0 bridgehead atoms. The van der Waals surface area contributed by atoms with Gasteiger partial charge in [0, 0.05) is 23.8 Å². The van der Waals surface area contributed by atoms with Crippen molar-refractivity contribution in [1.82, 2.24) is 5.32 Å². The molecule has 0 aliphatic carbocycles. The summed E-state index contributed by atoms with van der Waals surface area (Å²) in [6.45, 7) is 4.09. The third-order valence-electron chi connectivity index (χ3n) is 4.59. The van der Waals surface area contributed by atoms with E-state index in [2.05, 4.69) is 18.3 Å². The summed E-state index contributed by atoms with van der Waals surface area (Å²) in [7, 11) is 0. The summed E-state index contributed by atoms with van der Waals surface area (Å²) in [5.41, 5.74) is 3.88. The molecule has 0 aliphatic rings. The van der Waals surface area contributed by atoms with Crippen LogP contribution in [0.2, 0.25) is 0 Å². The fourth-order valence-electron chi connectivity index (χ4n) is 3.22. The molecule has 0 spiro atoms. The van der Waals surface area contributed by atoms with Gasteiger partial charge in [0.25, 0.3) is 5.91 Å². The van der Waals surface area contributed by atoms with E-state index in [9.17, 15) is 14.4 Å². The number of carboxylic acid groups (broad SMARTS) is 1. The number of carbonyl (C=O) groups is 3. The molecule has 0 aromatic heterocycles. The Morgan fingerprint density at radius 1 is 1.03 bits per heavy atom. The number of carboxylic acids is 1. The Labute approximate surface area is 182 Å². The lowest BCUT2D eigenvalue weighted by molar-refractivity contribution is -0.137. The number of nitrogens with one attached hydrogen (secondary N) is 1. The predicted octanol–water partition coefficient (Wildman–Crippen LogP) is 4.41. The van der Waals surface area contributed by atoms with Gasteiger partial charge in [0.2, 0.25) is 0 Å². The molecule has 160 valence electrons. The maximum atomic E-state index is 12.9. The van der Waals surface area contributed by atoms with Crippen molar-refractivity contribution in [2.24, 2.45) is 0 Å². The third-order valence-corrected chi connectivity index (χ3v) is 5.68. The monoisotopic (exact) mass is 427 g/mol. The van der Waals surface area contributed by atoms with E-state index in [1.54, 1.807) is 0 Å². The molecule has 0 unspecified atom stereocenters. The largest absolute Gasteiger partial charge is 0.481 e. The molecule has 1 amide bonds. The highest BCUT2D eigenvalue weighted by atomic mass is 32.2. The second kappa shape index (κ2) is 12.2. The molecule has 0 radical (unpaired) electrons. The summed E-state index contributed by atoms with van der Waals surface area (Å²) < 4.78 is 0. The Kier molecular flexibility index (Phi) is 9.61. The minimum atomic E-state index is -0.986. The van der Waals surface area contributed by atoms with Crippen molar-refractivity contribution in [3.8, 4) is 0 Å². The number of aliphatic carboxylic acids is 1. The van der Waals surface area contributed by atoms with Crippen LogP contribution in [0, 0.1) is 6.92 Å². The first-order chi connectivity index (χ1) is 14.4.